The molecule has 1 N–H and O–H groups in total. The van der Waals surface area contributed by atoms with Crippen molar-refractivity contribution < 1.29 is 14.4 Å². The minimum absolute atomic E-state index is 0.0686. The molecule has 6 nitrogen and oxygen atoms in total. The quantitative estimate of drug-likeness (QED) is 0.925. The molecule has 1 aliphatic heterocycles. The number of halogens is 1. The maximum atomic E-state index is 11.2. The number of nitrogens with zero attached hydrogens (tertiary/aromatic N) is 3. The maximum Gasteiger partial charge on any atom is 0.320 e. The first-order valence-corrected chi connectivity index (χ1v) is 7.99. The van der Waals surface area contributed by atoms with Crippen molar-refractivity contribution >= 4 is 17.6 Å². The van der Waals surface area contributed by atoms with Gasteiger partial charge in [-0.2, -0.15) is 4.98 Å². The van der Waals surface area contributed by atoms with E-state index in [2.05, 4.69) is 10.1 Å². The molecule has 0 amide bonds. The van der Waals surface area contributed by atoms with E-state index in [1.807, 2.05) is 17.0 Å². The number of likely N-dealkylation sites (tertiary alicyclic amines) is 1. The van der Waals surface area contributed by atoms with Crippen molar-refractivity contribution in [3.8, 4) is 11.4 Å². The molecule has 1 aromatic heterocycles. The van der Waals surface area contributed by atoms with E-state index in [1.165, 1.54) is 0 Å². The molecule has 0 bridgehead atoms. The van der Waals surface area contributed by atoms with Gasteiger partial charge in [0.2, 0.25) is 11.7 Å². The third-order valence-electron chi connectivity index (χ3n) is 4.25. The van der Waals surface area contributed by atoms with E-state index in [-0.39, 0.29) is 5.92 Å². The van der Waals surface area contributed by atoms with E-state index in [0.717, 1.165) is 24.9 Å². The number of carbonyl (C=O) groups is 1. The predicted molar refractivity (Wildman–Crippen MR) is 85.4 cm³/mol. The van der Waals surface area contributed by atoms with Crippen molar-refractivity contribution in [2.24, 2.45) is 0 Å². The van der Waals surface area contributed by atoms with Crippen LogP contribution in [0.3, 0.4) is 0 Å². The van der Waals surface area contributed by atoms with Gasteiger partial charge in [0.15, 0.2) is 0 Å². The molecule has 0 saturated carbocycles. The summed E-state index contributed by atoms with van der Waals surface area (Å²) in [7, 11) is 0. The molecule has 3 rings (SSSR count). The monoisotopic (exact) mass is 335 g/mol. The van der Waals surface area contributed by atoms with Crippen LogP contribution in [0, 0.1) is 0 Å². The average Bonchev–Trinajstić information content (AvgIpc) is 3.05. The van der Waals surface area contributed by atoms with Gasteiger partial charge in [0.05, 0.1) is 5.92 Å². The molecule has 2 aromatic rings. The molecule has 1 fully saturated rings. The van der Waals surface area contributed by atoms with E-state index >= 15 is 0 Å². The Balaban J connectivity index is 1.74. The Hall–Kier alpha value is -1.92. The number of piperidine rings is 1. The third kappa shape index (κ3) is 3.54. The van der Waals surface area contributed by atoms with E-state index in [9.17, 15) is 4.79 Å². The van der Waals surface area contributed by atoms with Crippen molar-refractivity contribution in [1.82, 2.24) is 15.0 Å². The van der Waals surface area contributed by atoms with E-state index in [1.54, 1.807) is 19.1 Å². The van der Waals surface area contributed by atoms with Crippen molar-refractivity contribution in [1.29, 1.82) is 0 Å². The highest BCUT2D eigenvalue weighted by molar-refractivity contribution is 6.30. The Morgan fingerprint density at radius 3 is 2.87 bits per heavy atom. The van der Waals surface area contributed by atoms with Gasteiger partial charge in [0.1, 0.15) is 6.04 Å². The number of aliphatic carboxylic acids is 1. The normalized spacial score (nSPS) is 20.3. The molecule has 2 atom stereocenters. The Morgan fingerprint density at radius 2 is 2.17 bits per heavy atom. The topological polar surface area (TPSA) is 79.5 Å². The summed E-state index contributed by atoms with van der Waals surface area (Å²) in [6.07, 6.45) is 1.84. The molecule has 0 aliphatic carbocycles. The number of carboxylic acids is 1. The molecule has 2 heterocycles. The molecule has 7 heteroatoms. The van der Waals surface area contributed by atoms with Gasteiger partial charge in [0.25, 0.3) is 0 Å². The van der Waals surface area contributed by atoms with E-state index in [0.29, 0.717) is 23.3 Å². The lowest BCUT2D eigenvalue weighted by molar-refractivity contribution is -0.143. The van der Waals surface area contributed by atoms with Crippen molar-refractivity contribution in [3.05, 3.63) is 35.2 Å². The molecule has 122 valence electrons. The van der Waals surface area contributed by atoms with Crippen LogP contribution < -0.4 is 0 Å². The van der Waals surface area contributed by atoms with Crippen molar-refractivity contribution in [2.45, 2.75) is 31.7 Å². The van der Waals surface area contributed by atoms with Crippen LogP contribution in [0.2, 0.25) is 5.02 Å². The van der Waals surface area contributed by atoms with Gasteiger partial charge in [-0.1, -0.05) is 16.8 Å². The van der Waals surface area contributed by atoms with Crippen LogP contribution in [0.25, 0.3) is 11.4 Å². The summed E-state index contributed by atoms with van der Waals surface area (Å²) in [5, 5.41) is 13.9. The van der Waals surface area contributed by atoms with Crippen LogP contribution in [0.5, 0.6) is 0 Å². The lowest BCUT2D eigenvalue weighted by atomic mass is 9.97. The molecule has 0 spiro atoms. The summed E-state index contributed by atoms with van der Waals surface area (Å²) in [5.41, 5.74) is 0.843. The number of aromatic nitrogens is 2. The Labute approximate surface area is 139 Å². The molecule has 0 radical (unpaired) electrons. The van der Waals surface area contributed by atoms with Gasteiger partial charge < -0.3 is 9.63 Å². The van der Waals surface area contributed by atoms with Crippen LogP contribution >= 0.6 is 11.6 Å². The first kappa shape index (κ1) is 16.0. The number of rotatable bonds is 4. The van der Waals surface area contributed by atoms with Crippen molar-refractivity contribution in [2.75, 3.05) is 13.1 Å². The molecule has 1 saturated heterocycles. The largest absolute Gasteiger partial charge is 0.480 e. The Bertz CT molecular complexity index is 686. The van der Waals surface area contributed by atoms with Crippen LogP contribution in [0.1, 0.15) is 31.6 Å². The lowest BCUT2D eigenvalue weighted by Crippen LogP contribution is -2.44. The maximum absolute atomic E-state index is 11.2. The summed E-state index contributed by atoms with van der Waals surface area (Å²) < 4.78 is 5.41. The van der Waals surface area contributed by atoms with Gasteiger partial charge in [-0.05, 0) is 50.6 Å². The van der Waals surface area contributed by atoms with Gasteiger partial charge >= 0.3 is 5.97 Å². The summed E-state index contributed by atoms with van der Waals surface area (Å²) in [4.78, 5) is 17.6. The van der Waals surface area contributed by atoms with E-state index in [4.69, 9.17) is 21.2 Å². The van der Waals surface area contributed by atoms with E-state index < -0.39 is 12.0 Å². The van der Waals surface area contributed by atoms with Crippen LogP contribution in [-0.4, -0.2) is 45.2 Å². The molecule has 1 aliphatic rings. The zero-order chi connectivity index (χ0) is 16.4. The summed E-state index contributed by atoms with van der Waals surface area (Å²) in [6.45, 7) is 3.11. The summed E-state index contributed by atoms with van der Waals surface area (Å²) >= 11 is 5.88. The summed E-state index contributed by atoms with van der Waals surface area (Å²) in [5.74, 6) is 0.356. The summed E-state index contributed by atoms with van der Waals surface area (Å²) in [6, 6.07) is 6.75. The molecular formula is C16H18ClN3O3. The molecule has 2 unspecified atom stereocenters. The first-order valence-electron chi connectivity index (χ1n) is 7.61. The minimum Gasteiger partial charge on any atom is -0.480 e. The fourth-order valence-corrected chi connectivity index (χ4v) is 2.96. The van der Waals surface area contributed by atoms with Crippen LogP contribution in [-0.2, 0) is 4.79 Å². The minimum atomic E-state index is -0.807. The van der Waals surface area contributed by atoms with Gasteiger partial charge in [0, 0.05) is 17.1 Å². The fourth-order valence-electron chi connectivity index (χ4n) is 2.83. The predicted octanol–water partition coefficient (Wildman–Crippen LogP) is 3.04. The number of hydrogen-bond donors (Lipinski definition) is 1. The second-order valence-corrected chi connectivity index (χ2v) is 6.25. The number of benzene rings is 1. The SMILES string of the molecule is CC(C(=O)O)N1CCCC(c2nc(-c3ccc(Cl)cc3)no2)C1. The van der Waals surface area contributed by atoms with Crippen molar-refractivity contribution in [3.63, 3.8) is 0 Å². The number of carboxylic acid groups (broad SMARTS) is 1. The third-order valence-corrected chi connectivity index (χ3v) is 4.50. The second kappa shape index (κ2) is 6.68. The zero-order valence-corrected chi connectivity index (χ0v) is 13.5. The zero-order valence-electron chi connectivity index (χ0n) is 12.8. The van der Waals surface area contributed by atoms with Crippen LogP contribution in [0.15, 0.2) is 28.8 Å². The molecule has 23 heavy (non-hydrogen) atoms. The van der Waals surface area contributed by atoms with Crippen LogP contribution in [0.4, 0.5) is 0 Å². The molecule has 1 aromatic carbocycles. The highest BCUT2D eigenvalue weighted by Crippen LogP contribution is 2.28. The second-order valence-electron chi connectivity index (χ2n) is 5.81. The standard InChI is InChI=1S/C16H18ClN3O3/c1-10(16(21)22)20-8-2-3-12(9-20)15-18-14(19-23-15)11-4-6-13(17)7-5-11/h4-7,10,12H,2-3,8-9H2,1H3,(H,21,22). The highest BCUT2D eigenvalue weighted by Gasteiger charge is 2.30. The molecular weight excluding hydrogens is 318 g/mol. The lowest BCUT2D eigenvalue weighted by Gasteiger charge is -2.33. The van der Waals surface area contributed by atoms with Gasteiger partial charge in [-0.25, -0.2) is 0 Å². The first-order chi connectivity index (χ1) is 11.0. The number of hydrogen-bond acceptors (Lipinski definition) is 5. The van der Waals surface area contributed by atoms with Gasteiger partial charge in [-0.3, -0.25) is 9.69 Å². The Morgan fingerprint density at radius 1 is 1.43 bits per heavy atom. The average molecular weight is 336 g/mol. The highest BCUT2D eigenvalue weighted by atomic mass is 35.5. The smallest absolute Gasteiger partial charge is 0.320 e. The Kier molecular flexibility index (Phi) is 4.63. The fraction of sp³-hybridized carbons (Fsp3) is 0.438. The van der Waals surface area contributed by atoms with Gasteiger partial charge in [-0.15, -0.1) is 0 Å².